The van der Waals surface area contributed by atoms with Gasteiger partial charge in [0.1, 0.15) is 23.9 Å². The number of benzene rings is 1. The number of carbonyl (C=O) groups excluding carboxylic acids is 1. The Kier molecular flexibility index (Phi) is 6.90. The van der Waals surface area contributed by atoms with Crippen molar-refractivity contribution in [3.05, 3.63) is 46.3 Å². The van der Waals surface area contributed by atoms with Gasteiger partial charge in [0, 0.05) is 24.6 Å². The van der Waals surface area contributed by atoms with Crippen LogP contribution in [0.4, 0.5) is 5.69 Å². The first-order valence-corrected chi connectivity index (χ1v) is 8.24. The quantitative estimate of drug-likeness (QED) is 0.457. The SMILES string of the molecule is COc1ccc(C(CC(=O)O)NC(=O)CCn2cc([N+](=O)[O-])cn2)c(OC)c1. The van der Waals surface area contributed by atoms with Crippen molar-refractivity contribution in [1.29, 1.82) is 0 Å². The van der Waals surface area contributed by atoms with Gasteiger partial charge in [0.05, 0.1) is 31.6 Å². The van der Waals surface area contributed by atoms with Gasteiger partial charge >= 0.3 is 11.7 Å². The Labute approximate surface area is 160 Å². The molecule has 0 saturated carbocycles. The molecule has 0 aliphatic carbocycles. The van der Waals surface area contributed by atoms with Gasteiger partial charge in [-0.1, -0.05) is 0 Å². The molecule has 2 rings (SSSR count). The lowest BCUT2D eigenvalue weighted by atomic mass is 10.0. The number of aliphatic carboxylic acids is 1. The van der Waals surface area contributed by atoms with Crippen LogP contribution in [0.5, 0.6) is 11.5 Å². The Morgan fingerprint density at radius 2 is 2.11 bits per heavy atom. The molecule has 11 heteroatoms. The molecule has 0 fully saturated rings. The molecule has 1 atom stereocenters. The fraction of sp³-hybridized carbons (Fsp3) is 0.353. The molecule has 2 N–H and O–H groups in total. The molecule has 1 unspecified atom stereocenters. The van der Waals surface area contributed by atoms with Crippen molar-refractivity contribution in [3.8, 4) is 11.5 Å². The monoisotopic (exact) mass is 392 g/mol. The Bertz CT molecular complexity index is 865. The molecule has 1 aromatic carbocycles. The average Bonchev–Trinajstić information content (AvgIpc) is 3.14. The lowest BCUT2D eigenvalue weighted by Gasteiger charge is -2.20. The van der Waals surface area contributed by atoms with Crippen LogP contribution in [0.15, 0.2) is 30.6 Å². The molecule has 0 aliphatic rings. The van der Waals surface area contributed by atoms with Gasteiger partial charge in [-0.05, 0) is 12.1 Å². The summed E-state index contributed by atoms with van der Waals surface area (Å²) in [4.78, 5) is 33.6. The Balaban J connectivity index is 2.09. The minimum atomic E-state index is -1.09. The molecule has 0 saturated heterocycles. The van der Waals surface area contributed by atoms with Crippen LogP contribution in [0.25, 0.3) is 0 Å². The number of rotatable bonds is 10. The molecule has 28 heavy (non-hydrogen) atoms. The maximum atomic E-state index is 12.3. The normalized spacial score (nSPS) is 11.5. The van der Waals surface area contributed by atoms with E-state index in [-0.39, 0.29) is 25.1 Å². The summed E-state index contributed by atoms with van der Waals surface area (Å²) in [6, 6.07) is 4.04. The van der Waals surface area contributed by atoms with Crippen molar-refractivity contribution in [2.24, 2.45) is 0 Å². The van der Waals surface area contributed by atoms with Gasteiger partial charge in [-0.15, -0.1) is 0 Å². The fourth-order valence-corrected chi connectivity index (χ4v) is 2.57. The number of hydrogen-bond acceptors (Lipinski definition) is 7. The maximum Gasteiger partial charge on any atom is 0.306 e. The third-order valence-electron chi connectivity index (χ3n) is 3.93. The van der Waals surface area contributed by atoms with E-state index in [1.54, 1.807) is 18.2 Å². The summed E-state index contributed by atoms with van der Waals surface area (Å²) < 4.78 is 11.7. The van der Waals surface area contributed by atoms with Crippen molar-refractivity contribution in [1.82, 2.24) is 15.1 Å². The number of carboxylic acids is 1. The smallest absolute Gasteiger partial charge is 0.306 e. The fourth-order valence-electron chi connectivity index (χ4n) is 2.57. The van der Waals surface area contributed by atoms with Crippen LogP contribution in [0.1, 0.15) is 24.4 Å². The zero-order valence-electron chi connectivity index (χ0n) is 15.3. The molecule has 0 aliphatic heterocycles. The number of hydrogen-bond donors (Lipinski definition) is 2. The number of nitro groups is 1. The molecule has 1 aromatic heterocycles. The minimum absolute atomic E-state index is 0.0343. The predicted octanol–water partition coefficient (Wildman–Crippen LogP) is 1.53. The highest BCUT2D eigenvalue weighted by Crippen LogP contribution is 2.31. The summed E-state index contributed by atoms with van der Waals surface area (Å²) in [5.74, 6) is -0.608. The highest BCUT2D eigenvalue weighted by molar-refractivity contribution is 5.78. The summed E-state index contributed by atoms with van der Waals surface area (Å²) in [7, 11) is 2.92. The van der Waals surface area contributed by atoms with Crippen LogP contribution in [0.3, 0.4) is 0 Å². The van der Waals surface area contributed by atoms with E-state index in [1.807, 2.05) is 0 Å². The molecule has 2 aromatic rings. The summed E-state index contributed by atoms with van der Waals surface area (Å²) in [6.07, 6.45) is 1.93. The second-order valence-electron chi connectivity index (χ2n) is 5.79. The van der Waals surface area contributed by atoms with Crippen molar-refractivity contribution in [2.45, 2.75) is 25.4 Å². The first-order chi connectivity index (χ1) is 13.3. The third-order valence-corrected chi connectivity index (χ3v) is 3.93. The molecule has 1 amide bonds. The topological polar surface area (TPSA) is 146 Å². The lowest BCUT2D eigenvalue weighted by molar-refractivity contribution is -0.385. The van der Waals surface area contributed by atoms with Gasteiger partial charge in [0.15, 0.2) is 0 Å². The van der Waals surface area contributed by atoms with Crippen LogP contribution in [-0.4, -0.2) is 45.9 Å². The molecule has 0 spiro atoms. The van der Waals surface area contributed by atoms with E-state index in [9.17, 15) is 24.8 Å². The van der Waals surface area contributed by atoms with Crippen LogP contribution >= 0.6 is 0 Å². The number of nitrogens with zero attached hydrogens (tertiary/aromatic N) is 3. The zero-order chi connectivity index (χ0) is 20.7. The summed E-state index contributed by atoms with van der Waals surface area (Å²) in [5.41, 5.74) is 0.320. The molecular weight excluding hydrogens is 372 g/mol. The van der Waals surface area contributed by atoms with Crippen LogP contribution < -0.4 is 14.8 Å². The number of nitrogens with one attached hydrogen (secondary N) is 1. The maximum absolute atomic E-state index is 12.3. The summed E-state index contributed by atoms with van der Waals surface area (Å²) in [5, 5.41) is 26.3. The van der Waals surface area contributed by atoms with E-state index < -0.39 is 22.8 Å². The van der Waals surface area contributed by atoms with E-state index in [0.29, 0.717) is 17.1 Å². The van der Waals surface area contributed by atoms with Crippen molar-refractivity contribution in [3.63, 3.8) is 0 Å². The predicted molar refractivity (Wildman–Crippen MR) is 96.2 cm³/mol. The highest BCUT2D eigenvalue weighted by Gasteiger charge is 2.22. The van der Waals surface area contributed by atoms with Gasteiger partial charge in [-0.3, -0.25) is 24.4 Å². The van der Waals surface area contributed by atoms with Gasteiger partial charge in [-0.2, -0.15) is 5.10 Å². The van der Waals surface area contributed by atoms with E-state index in [2.05, 4.69) is 10.4 Å². The minimum Gasteiger partial charge on any atom is -0.497 e. The number of methoxy groups -OCH3 is 2. The van der Waals surface area contributed by atoms with Gasteiger partial charge in [0.2, 0.25) is 5.91 Å². The Morgan fingerprint density at radius 1 is 1.36 bits per heavy atom. The molecule has 0 bridgehead atoms. The number of aromatic nitrogens is 2. The average molecular weight is 392 g/mol. The molecule has 11 nitrogen and oxygen atoms in total. The lowest BCUT2D eigenvalue weighted by Crippen LogP contribution is -2.31. The molecule has 0 radical (unpaired) electrons. The van der Waals surface area contributed by atoms with Gasteiger partial charge in [-0.25, -0.2) is 0 Å². The summed E-state index contributed by atoms with van der Waals surface area (Å²) in [6.45, 7) is 0.110. The van der Waals surface area contributed by atoms with Crippen molar-refractivity contribution in [2.75, 3.05) is 14.2 Å². The summed E-state index contributed by atoms with van der Waals surface area (Å²) >= 11 is 0. The second kappa shape index (κ2) is 9.35. The van der Waals surface area contributed by atoms with Gasteiger partial charge < -0.3 is 19.9 Å². The first kappa shape index (κ1) is 20.7. The standard InChI is InChI=1S/C17H20N4O7/c1-27-12-3-4-13(15(7-12)28-2)14(8-17(23)24)19-16(22)5-6-20-10-11(9-18-20)21(25)26/h3-4,7,9-10,14H,5-6,8H2,1-2H3,(H,19,22)(H,23,24). The largest absolute Gasteiger partial charge is 0.497 e. The van der Waals surface area contributed by atoms with Gasteiger partial charge in [0.25, 0.3) is 0 Å². The van der Waals surface area contributed by atoms with E-state index >= 15 is 0 Å². The first-order valence-electron chi connectivity index (χ1n) is 8.24. The number of carboxylic acid groups (broad SMARTS) is 1. The number of amides is 1. The van der Waals surface area contributed by atoms with E-state index in [1.165, 1.54) is 25.1 Å². The molecule has 150 valence electrons. The number of carbonyl (C=O) groups is 2. The highest BCUT2D eigenvalue weighted by atomic mass is 16.6. The van der Waals surface area contributed by atoms with Crippen molar-refractivity contribution < 1.29 is 29.1 Å². The van der Waals surface area contributed by atoms with Crippen LogP contribution in [0, 0.1) is 10.1 Å². The Hall–Kier alpha value is -3.63. The second-order valence-corrected chi connectivity index (χ2v) is 5.79. The number of ether oxygens (including phenoxy) is 2. The number of aryl methyl sites for hydroxylation is 1. The van der Waals surface area contributed by atoms with E-state index in [0.717, 1.165) is 6.20 Å². The zero-order valence-corrected chi connectivity index (χ0v) is 15.3. The molecular formula is C17H20N4O7. The van der Waals surface area contributed by atoms with Crippen LogP contribution in [-0.2, 0) is 16.1 Å². The van der Waals surface area contributed by atoms with Crippen LogP contribution in [0.2, 0.25) is 0 Å². The third kappa shape index (κ3) is 5.43. The van der Waals surface area contributed by atoms with Crippen molar-refractivity contribution >= 4 is 17.6 Å². The van der Waals surface area contributed by atoms with E-state index in [4.69, 9.17) is 9.47 Å². The molecule has 1 heterocycles. The Morgan fingerprint density at radius 3 is 2.68 bits per heavy atom.